The van der Waals surface area contributed by atoms with Crippen molar-refractivity contribution in [3.05, 3.63) is 124 Å². The minimum atomic E-state index is 0.375. The molecule has 0 radical (unpaired) electrons. The lowest BCUT2D eigenvalue weighted by Gasteiger charge is -2.03. The SMILES string of the molecule is CCCCC.CCOC#N.CCc1ccc(COC#N)cc1.Cc1ccc(Cc2ccc(OC#N)cc2)cc1.Cc1ccc(N=C=O)cc1N=C=O. The highest BCUT2D eigenvalue weighted by atomic mass is 16.5. The Hall–Kier alpha value is -6.49. The van der Waals surface area contributed by atoms with Crippen molar-refractivity contribution < 1.29 is 23.8 Å². The molecular formula is C42H47N5O5. The third-order valence-corrected chi connectivity index (χ3v) is 6.80. The van der Waals surface area contributed by atoms with Crippen LogP contribution in [0, 0.1) is 48.4 Å². The lowest BCUT2D eigenvalue weighted by molar-refractivity contribution is 0.257. The van der Waals surface area contributed by atoms with Gasteiger partial charge in [0.1, 0.15) is 12.4 Å². The van der Waals surface area contributed by atoms with Crippen LogP contribution in [-0.2, 0) is 38.5 Å². The van der Waals surface area contributed by atoms with Crippen molar-refractivity contribution in [2.75, 3.05) is 6.61 Å². The molecule has 270 valence electrons. The number of hydrogen-bond donors (Lipinski definition) is 0. The number of carbonyl (C=O) groups excluding carboxylic acids is 2. The maximum Gasteiger partial charge on any atom is 0.292 e. The summed E-state index contributed by atoms with van der Waals surface area (Å²) in [5.74, 6) is 0.583. The number of isocyanates is 2. The van der Waals surface area contributed by atoms with E-state index in [9.17, 15) is 9.59 Å². The Bertz CT molecular complexity index is 1770. The Morgan fingerprint density at radius 1 is 0.615 bits per heavy atom. The molecule has 4 rings (SSSR count). The van der Waals surface area contributed by atoms with Crippen LogP contribution in [0.5, 0.6) is 5.75 Å². The molecule has 0 fully saturated rings. The van der Waals surface area contributed by atoms with E-state index in [4.69, 9.17) is 20.5 Å². The molecule has 0 aromatic heterocycles. The summed E-state index contributed by atoms with van der Waals surface area (Å²) in [6, 6.07) is 29.0. The zero-order chi connectivity index (χ0) is 38.8. The number of unbranched alkanes of at least 4 members (excludes halogenated alkanes) is 2. The molecule has 0 spiro atoms. The number of rotatable bonds is 11. The molecule has 0 atom stereocenters. The Morgan fingerprint density at radius 2 is 1.15 bits per heavy atom. The number of nitrogens with zero attached hydrogens (tertiary/aromatic N) is 5. The fourth-order valence-electron chi connectivity index (χ4n) is 3.96. The summed E-state index contributed by atoms with van der Waals surface area (Å²) in [6.07, 6.45) is 13.7. The summed E-state index contributed by atoms with van der Waals surface area (Å²) in [7, 11) is 0. The minimum absolute atomic E-state index is 0.375. The van der Waals surface area contributed by atoms with E-state index in [0.717, 1.165) is 24.0 Å². The van der Waals surface area contributed by atoms with Crippen molar-refractivity contribution in [2.45, 2.75) is 80.3 Å². The largest absolute Gasteiger partial charge is 0.428 e. The van der Waals surface area contributed by atoms with Crippen LogP contribution in [0.15, 0.2) is 101 Å². The van der Waals surface area contributed by atoms with E-state index in [1.54, 1.807) is 38.5 Å². The molecule has 0 N–H and O–H groups in total. The van der Waals surface area contributed by atoms with Crippen molar-refractivity contribution in [1.29, 1.82) is 15.8 Å². The number of hydrogen-bond acceptors (Lipinski definition) is 10. The zero-order valence-electron chi connectivity index (χ0n) is 30.9. The average Bonchev–Trinajstić information content (AvgIpc) is 3.16. The summed E-state index contributed by atoms with van der Waals surface area (Å²) in [5, 5.41) is 24.1. The van der Waals surface area contributed by atoms with Crippen molar-refractivity contribution in [1.82, 2.24) is 0 Å². The highest BCUT2D eigenvalue weighted by molar-refractivity contribution is 5.61. The second-order valence-electron chi connectivity index (χ2n) is 10.8. The number of benzene rings is 4. The Morgan fingerprint density at radius 3 is 1.60 bits per heavy atom. The first-order valence-electron chi connectivity index (χ1n) is 16.8. The Kier molecular flexibility index (Phi) is 26.7. The van der Waals surface area contributed by atoms with Crippen LogP contribution in [0.1, 0.15) is 80.3 Å². The third kappa shape index (κ3) is 22.2. The van der Waals surface area contributed by atoms with Crippen LogP contribution in [-0.4, -0.2) is 18.8 Å². The number of aliphatic imine (C=N–C) groups is 2. The van der Waals surface area contributed by atoms with Crippen LogP contribution in [0.25, 0.3) is 0 Å². The molecule has 10 heteroatoms. The normalized spacial score (nSPS) is 8.67. The molecule has 0 saturated heterocycles. The van der Waals surface area contributed by atoms with Crippen LogP contribution >= 0.6 is 0 Å². The van der Waals surface area contributed by atoms with E-state index in [2.05, 4.69) is 83.6 Å². The highest BCUT2D eigenvalue weighted by Gasteiger charge is 1.99. The standard InChI is InChI=1S/C15H13NO.C10H11NO.C9H6N2O2.C5H12.C3H5NO/c1-12-2-4-13(5-3-12)10-14-6-8-15(9-7-14)17-11-16;1-2-9-3-5-10(6-4-9)7-12-8-11;1-7-2-3-8(10-5-12)4-9(7)11-6-13;1-3-5-4-2;1-2-5-3-4/h2-9H,10H2,1H3;3-6H,2,7H2,1H3;2-4H,1H3;3-5H2,1-2H3;2H2,1H3. The fourth-order valence-corrected chi connectivity index (χ4v) is 3.96. The maximum absolute atomic E-state index is 10.00. The summed E-state index contributed by atoms with van der Waals surface area (Å²) in [4.78, 5) is 26.8. The van der Waals surface area contributed by atoms with Gasteiger partial charge in [-0.2, -0.15) is 20.5 Å². The van der Waals surface area contributed by atoms with Gasteiger partial charge in [0.25, 0.3) is 18.8 Å². The Labute approximate surface area is 308 Å². The van der Waals surface area contributed by atoms with E-state index >= 15 is 0 Å². The third-order valence-electron chi connectivity index (χ3n) is 6.80. The number of ether oxygens (including phenoxy) is 3. The molecule has 4 aromatic rings. The summed E-state index contributed by atoms with van der Waals surface area (Å²) < 4.78 is 13.5. The quantitative estimate of drug-likeness (QED) is 0.0848. The first kappa shape index (κ1) is 45.5. The molecule has 4 aromatic carbocycles. The van der Waals surface area contributed by atoms with E-state index < -0.39 is 0 Å². The van der Waals surface area contributed by atoms with Gasteiger partial charge in [0, 0.05) is 0 Å². The summed E-state index contributed by atoms with van der Waals surface area (Å²) in [6.45, 7) is 13.0. The molecule has 0 unspecified atom stereocenters. The van der Waals surface area contributed by atoms with Gasteiger partial charge < -0.3 is 14.2 Å². The summed E-state index contributed by atoms with van der Waals surface area (Å²) in [5.41, 5.74) is 7.81. The summed E-state index contributed by atoms with van der Waals surface area (Å²) >= 11 is 0. The van der Waals surface area contributed by atoms with Crippen LogP contribution in [0.3, 0.4) is 0 Å². The topological polar surface area (TPSA) is 158 Å². The predicted octanol–water partition coefficient (Wildman–Crippen LogP) is 10.3. The van der Waals surface area contributed by atoms with Gasteiger partial charge in [0.15, 0.2) is 0 Å². The fraction of sp³-hybridized carbons (Fsp3) is 0.310. The maximum atomic E-state index is 10.00. The molecular weight excluding hydrogens is 654 g/mol. The molecule has 52 heavy (non-hydrogen) atoms. The molecule has 0 aliphatic heterocycles. The van der Waals surface area contributed by atoms with Crippen LogP contribution in [0.4, 0.5) is 11.4 Å². The van der Waals surface area contributed by atoms with E-state index in [1.165, 1.54) is 66.0 Å². The second kappa shape index (κ2) is 30.6. The zero-order valence-corrected chi connectivity index (χ0v) is 30.9. The van der Waals surface area contributed by atoms with E-state index in [1.807, 2.05) is 36.4 Å². The molecule has 0 heterocycles. The molecule has 0 bridgehead atoms. The molecule has 10 nitrogen and oxygen atoms in total. The van der Waals surface area contributed by atoms with Crippen molar-refractivity contribution >= 4 is 23.5 Å². The molecule has 0 saturated carbocycles. The average molecular weight is 702 g/mol. The second-order valence-corrected chi connectivity index (χ2v) is 10.8. The van der Waals surface area contributed by atoms with Crippen molar-refractivity contribution in [2.24, 2.45) is 9.98 Å². The number of nitriles is 3. The van der Waals surface area contributed by atoms with Crippen molar-refractivity contribution in [3.63, 3.8) is 0 Å². The minimum Gasteiger partial charge on any atom is -0.428 e. The molecule has 0 amide bonds. The van der Waals surface area contributed by atoms with Crippen LogP contribution in [0.2, 0.25) is 0 Å². The predicted molar refractivity (Wildman–Crippen MR) is 202 cm³/mol. The first-order valence-corrected chi connectivity index (χ1v) is 16.8. The van der Waals surface area contributed by atoms with Gasteiger partial charge in [0.2, 0.25) is 12.2 Å². The van der Waals surface area contributed by atoms with Crippen molar-refractivity contribution in [3.8, 4) is 24.5 Å². The van der Waals surface area contributed by atoms with Gasteiger partial charge in [-0.05, 0) is 85.7 Å². The monoisotopic (exact) mass is 701 g/mol. The van der Waals surface area contributed by atoms with Gasteiger partial charge in [-0.25, -0.2) is 9.59 Å². The smallest absolute Gasteiger partial charge is 0.292 e. The van der Waals surface area contributed by atoms with Gasteiger partial charge in [0.05, 0.1) is 18.0 Å². The van der Waals surface area contributed by atoms with E-state index in [0.29, 0.717) is 30.3 Å². The first-order chi connectivity index (χ1) is 25.2. The highest BCUT2D eigenvalue weighted by Crippen LogP contribution is 2.24. The van der Waals surface area contributed by atoms with Gasteiger partial charge >= 0.3 is 0 Å². The van der Waals surface area contributed by atoms with Crippen LogP contribution < -0.4 is 4.74 Å². The molecule has 0 aliphatic rings. The van der Waals surface area contributed by atoms with Gasteiger partial charge in [-0.3, -0.25) is 0 Å². The molecule has 0 aliphatic carbocycles. The lowest BCUT2D eigenvalue weighted by Crippen LogP contribution is -1.89. The Balaban J connectivity index is 0.000000672. The lowest BCUT2D eigenvalue weighted by atomic mass is 10.0. The number of aryl methyl sites for hydroxylation is 3. The van der Waals surface area contributed by atoms with Gasteiger partial charge in [-0.1, -0.05) is 112 Å². The van der Waals surface area contributed by atoms with E-state index in [-0.39, 0.29) is 0 Å². The van der Waals surface area contributed by atoms with Gasteiger partial charge in [-0.15, -0.1) is 5.26 Å².